The summed E-state index contributed by atoms with van der Waals surface area (Å²) in [6.07, 6.45) is 0.873. The minimum absolute atomic E-state index is 0.0887. The van der Waals surface area contributed by atoms with Gasteiger partial charge in [0.15, 0.2) is 0 Å². The maximum Gasteiger partial charge on any atom is 0.509 e. The lowest BCUT2D eigenvalue weighted by Gasteiger charge is -2.15. The third kappa shape index (κ3) is 3.82. The van der Waals surface area contributed by atoms with E-state index in [1.54, 1.807) is 0 Å². The maximum absolute atomic E-state index is 12.3. The van der Waals surface area contributed by atoms with Crippen LogP contribution in [0.5, 0.6) is 0 Å². The van der Waals surface area contributed by atoms with E-state index in [9.17, 15) is 21.4 Å². The van der Waals surface area contributed by atoms with Crippen molar-refractivity contribution in [2.24, 2.45) is 0 Å². The van der Waals surface area contributed by atoms with Crippen LogP contribution in [0.2, 0.25) is 0 Å². The Labute approximate surface area is 85.4 Å². The molecule has 1 aromatic rings. The van der Waals surface area contributed by atoms with Gasteiger partial charge in [0.1, 0.15) is 0 Å². The molecule has 0 bridgehead atoms. The molecule has 0 aliphatic heterocycles. The van der Waals surface area contributed by atoms with Crippen molar-refractivity contribution in [3.05, 3.63) is 24.3 Å². The van der Waals surface area contributed by atoms with Gasteiger partial charge in [0.05, 0.1) is 6.26 Å². The van der Waals surface area contributed by atoms with Crippen molar-refractivity contribution < 1.29 is 21.4 Å². The SMILES string of the molecule is CS(=O)(=O)Nc1cccc([B-](F)(F)F)c1. The molecular formula is C7H8BF3NO2S-. The Morgan fingerprint density at radius 2 is 1.87 bits per heavy atom. The third-order valence-corrected chi connectivity index (χ3v) is 2.17. The first-order valence-corrected chi connectivity index (χ1v) is 5.85. The summed E-state index contributed by atoms with van der Waals surface area (Å²) in [6.45, 7) is -5.11. The Morgan fingerprint density at radius 3 is 2.33 bits per heavy atom. The second kappa shape index (κ2) is 3.76. The highest BCUT2D eigenvalue weighted by Crippen LogP contribution is 2.13. The number of halogens is 3. The molecule has 8 heteroatoms. The highest BCUT2D eigenvalue weighted by molar-refractivity contribution is 7.92. The zero-order chi connectivity index (χ0) is 11.7. The first kappa shape index (κ1) is 11.9. The van der Waals surface area contributed by atoms with Gasteiger partial charge in [-0.3, -0.25) is 4.72 Å². The average molecular weight is 238 g/mol. The zero-order valence-electron chi connectivity index (χ0n) is 7.75. The van der Waals surface area contributed by atoms with Crippen LogP contribution < -0.4 is 10.2 Å². The lowest BCUT2D eigenvalue weighted by molar-refractivity contribution is 0.501. The largest absolute Gasteiger partial charge is 0.509 e. The van der Waals surface area contributed by atoms with E-state index in [2.05, 4.69) is 0 Å². The summed E-state index contributed by atoms with van der Waals surface area (Å²) >= 11 is 0. The highest BCUT2D eigenvalue weighted by atomic mass is 32.2. The van der Waals surface area contributed by atoms with Gasteiger partial charge in [-0.2, -0.15) is 0 Å². The fourth-order valence-corrected chi connectivity index (χ4v) is 1.57. The van der Waals surface area contributed by atoms with E-state index in [-0.39, 0.29) is 5.69 Å². The lowest BCUT2D eigenvalue weighted by atomic mass is 9.80. The molecule has 1 aromatic carbocycles. The van der Waals surface area contributed by atoms with E-state index in [0.29, 0.717) is 0 Å². The van der Waals surface area contributed by atoms with Gasteiger partial charge in [-0.15, -0.1) is 5.46 Å². The van der Waals surface area contributed by atoms with Gasteiger partial charge < -0.3 is 12.9 Å². The molecule has 0 aromatic heterocycles. The van der Waals surface area contributed by atoms with E-state index in [1.807, 2.05) is 4.72 Å². The fraction of sp³-hybridized carbons (Fsp3) is 0.143. The van der Waals surface area contributed by atoms with E-state index in [0.717, 1.165) is 24.5 Å². The number of nitrogens with one attached hydrogen (secondary N) is 1. The molecule has 0 atom stereocenters. The first-order chi connectivity index (χ1) is 6.68. The normalized spacial score (nSPS) is 12.5. The molecule has 1 rings (SSSR count). The highest BCUT2D eigenvalue weighted by Gasteiger charge is 2.25. The average Bonchev–Trinajstić information content (AvgIpc) is 1.99. The molecular weight excluding hydrogens is 230 g/mol. The van der Waals surface area contributed by atoms with Gasteiger partial charge in [0.2, 0.25) is 10.0 Å². The van der Waals surface area contributed by atoms with Crippen LogP contribution in [0.25, 0.3) is 0 Å². The Hall–Kier alpha value is -1.18. The molecule has 84 valence electrons. The van der Waals surface area contributed by atoms with Crippen molar-refractivity contribution in [2.75, 3.05) is 11.0 Å². The van der Waals surface area contributed by atoms with E-state index < -0.39 is 22.5 Å². The Bertz CT molecular complexity index is 458. The van der Waals surface area contributed by atoms with Gasteiger partial charge >= 0.3 is 6.98 Å². The van der Waals surface area contributed by atoms with Crippen LogP contribution in [-0.4, -0.2) is 21.7 Å². The van der Waals surface area contributed by atoms with Crippen LogP contribution in [0.4, 0.5) is 18.6 Å². The van der Waals surface area contributed by atoms with E-state index in [1.165, 1.54) is 6.07 Å². The van der Waals surface area contributed by atoms with Gasteiger partial charge in [-0.25, -0.2) is 8.42 Å². The molecule has 0 saturated carbocycles. The van der Waals surface area contributed by atoms with Crippen molar-refractivity contribution in [3.8, 4) is 0 Å². The molecule has 1 N–H and O–H groups in total. The number of hydrogen-bond acceptors (Lipinski definition) is 2. The van der Waals surface area contributed by atoms with Gasteiger partial charge in [-0.05, 0) is 6.07 Å². The van der Waals surface area contributed by atoms with Crippen molar-refractivity contribution in [3.63, 3.8) is 0 Å². The fourth-order valence-electron chi connectivity index (χ4n) is 1.02. The maximum atomic E-state index is 12.3. The Kier molecular flexibility index (Phi) is 2.99. The number of rotatable bonds is 3. The van der Waals surface area contributed by atoms with E-state index >= 15 is 0 Å². The lowest BCUT2D eigenvalue weighted by Crippen LogP contribution is -2.34. The summed E-state index contributed by atoms with van der Waals surface area (Å²) in [7, 11) is -3.55. The van der Waals surface area contributed by atoms with Crippen molar-refractivity contribution in [2.45, 2.75) is 0 Å². The first-order valence-electron chi connectivity index (χ1n) is 3.96. The summed E-state index contributed by atoms with van der Waals surface area (Å²) in [5.41, 5.74) is -0.919. The quantitative estimate of drug-likeness (QED) is 0.801. The second-order valence-corrected chi connectivity index (χ2v) is 4.82. The topological polar surface area (TPSA) is 46.2 Å². The zero-order valence-corrected chi connectivity index (χ0v) is 8.56. The molecule has 0 amide bonds. The Morgan fingerprint density at radius 1 is 1.27 bits per heavy atom. The van der Waals surface area contributed by atoms with Crippen molar-refractivity contribution >= 4 is 28.2 Å². The van der Waals surface area contributed by atoms with E-state index in [4.69, 9.17) is 0 Å². The van der Waals surface area contributed by atoms with Crippen LogP contribution in [0.1, 0.15) is 0 Å². The third-order valence-electron chi connectivity index (χ3n) is 1.57. The molecule has 0 aliphatic carbocycles. The Balaban J connectivity index is 3.04. The summed E-state index contributed by atoms with van der Waals surface area (Å²) in [4.78, 5) is 0. The predicted octanol–water partition coefficient (Wildman–Crippen LogP) is 1.11. The number of hydrogen-bond donors (Lipinski definition) is 1. The van der Waals surface area contributed by atoms with Gasteiger partial charge in [0.25, 0.3) is 0 Å². The van der Waals surface area contributed by atoms with Crippen LogP contribution >= 0.6 is 0 Å². The molecule has 3 nitrogen and oxygen atoms in total. The summed E-state index contributed by atoms with van der Waals surface area (Å²) in [5, 5.41) is 0. The molecule has 15 heavy (non-hydrogen) atoms. The summed E-state index contributed by atoms with van der Waals surface area (Å²) in [5.74, 6) is 0. The van der Waals surface area contributed by atoms with Gasteiger partial charge in [-0.1, -0.05) is 18.2 Å². The minimum Gasteiger partial charge on any atom is -0.445 e. The summed E-state index contributed by atoms with van der Waals surface area (Å²) in [6, 6.07) is 4.07. The smallest absolute Gasteiger partial charge is 0.445 e. The van der Waals surface area contributed by atoms with Crippen LogP contribution in [0.3, 0.4) is 0 Å². The number of benzene rings is 1. The molecule has 0 heterocycles. The molecule has 0 saturated heterocycles. The molecule has 0 radical (unpaired) electrons. The molecule has 0 aliphatic rings. The molecule has 0 spiro atoms. The van der Waals surface area contributed by atoms with Crippen LogP contribution in [0, 0.1) is 0 Å². The predicted molar refractivity (Wildman–Crippen MR) is 53.6 cm³/mol. The number of anilines is 1. The van der Waals surface area contributed by atoms with Crippen molar-refractivity contribution in [1.82, 2.24) is 0 Å². The van der Waals surface area contributed by atoms with Crippen LogP contribution in [-0.2, 0) is 10.0 Å². The van der Waals surface area contributed by atoms with Crippen LogP contribution in [0.15, 0.2) is 24.3 Å². The van der Waals surface area contributed by atoms with Gasteiger partial charge in [0, 0.05) is 5.69 Å². The molecule has 0 fully saturated rings. The minimum atomic E-state index is -5.11. The van der Waals surface area contributed by atoms with Crippen molar-refractivity contribution in [1.29, 1.82) is 0 Å². The standard InChI is InChI=1S/C7H8BF3NO2S/c1-15(13,14)12-7-4-2-3-6(5-7)8(9,10)11/h2-5,12H,1H3/q-1. The summed E-state index contributed by atoms with van der Waals surface area (Å²) < 4.78 is 60.4. The molecule has 0 unspecified atom stereocenters. The number of sulfonamides is 1. The second-order valence-electron chi connectivity index (χ2n) is 3.07. The monoisotopic (exact) mass is 238 g/mol.